The Morgan fingerprint density at radius 2 is 2.28 bits per heavy atom. The van der Waals surface area contributed by atoms with Gasteiger partial charge in [-0.25, -0.2) is 0 Å². The van der Waals surface area contributed by atoms with Crippen molar-refractivity contribution in [2.45, 2.75) is 32.7 Å². The minimum absolute atomic E-state index is 0.0605. The fourth-order valence-corrected chi connectivity index (χ4v) is 3.06. The van der Waals surface area contributed by atoms with E-state index in [-0.39, 0.29) is 11.9 Å². The highest BCUT2D eigenvalue weighted by molar-refractivity contribution is 7.99. The predicted molar refractivity (Wildman–Crippen MR) is 78.1 cm³/mol. The molecule has 1 amide bonds. The summed E-state index contributed by atoms with van der Waals surface area (Å²) in [6.07, 6.45) is 0. The van der Waals surface area contributed by atoms with Gasteiger partial charge in [0.1, 0.15) is 0 Å². The van der Waals surface area contributed by atoms with Crippen molar-refractivity contribution in [2.75, 3.05) is 16.9 Å². The molecule has 0 radical (unpaired) electrons. The van der Waals surface area contributed by atoms with E-state index in [2.05, 4.69) is 30.5 Å². The summed E-state index contributed by atoms with van der Waals surface area (Å²) in [6.45, 7) is 6.33. The second-order valence-electron chi connectivity index (χ2n) is 4.95. The maximum Gasteiger partial charge on any atom is 0.242 e. The third kappa shape index (κ3) is 2.87. The molecule has 0 bridgehead atoms. The molecule has 1 saturated heterocycles. The summed E-state index contributed by atoms with van der Waals surface area (Å²) < 4.78 is 0. The van der Waals surface area contributed by atoms with Gasteiger partial charge in [0.15, 0.2) is 0 Å². The molecule has 1 atom stereocenters. The quantitative estimate of drug-likeness (QED) is 0.882. The first-order valence-electron chi connectivity index (χ1n) is 6.31. The Labute approximate surface area is 113 Å². The van der Waals surface area contributed by atoms with E-state index in [9.17, 15) is 4.79 Å². The Bertz CT molecular complexity index is 439. The van der Waals surface area contributed by atoms with Crippen LogP contribution in [0, 0.1) is 6.92 Å². The molecule has 2 rings (SSSR count). The summed E-state index contributed by atoms with van der Waals surface area (Å²) in [5.41, 5.74) is 3.31. The van der Waals surface area contributed by atoms with Gasteiger partial charge in [-0.05, 0) is 24.0 Å². The monoisotopic (exact) mass is 264 g/mol. The molecule has 0 spiro atoms. The molecule has 18 heavy (non-hydrogen) atoms. The first-order valence-corrected chi connectivity index (χ1v) is 7.46. The molecule has 0 aliphatic carbocycles. The van der Waals surface area contributed by atoms with Crippen LogP contribution in [0.4, 0.5) is 5.69 Å². The lowest BCUT2D eigenvalue weighted by Gasteiger charge is -2.18. The van der Waals surface area contributed by atoms with Crippen LogP contribution in [-0.4, -0.2) is 23.6 Å². The summed E-state index contributed by atoms with van der Waals surface area (Å²) in [5.74, 6) is 2.21. The topological polar surface area (TPSA) is 41.1 Å². The molecule has 1 unspecified atom stereocenters. The number of benzene rings is 1. The van der Waals surface area contributed by atoms with Gasteiger partial charge in [0.05, 0.1) is 6.04 Å². The number of anilines is 1. The van der Waals surface area contributed by atoms with Crippen LogP contribution < -0.4 is 10.6 Å². The highest BCUT2D eigenvalue weighted by Gasteiger charge is 2.23. The largest absolute Gasteiger partial charge is 0.324 e. The minimum atomic E-state index is -0.0605. The lowest BCUT2D eigenvalue weighted by atomic mass is 9.98. The van der Waals surface area contributed by atoms with Crippen LogP contribution in [0.25, 0.3) is 0 Å². The van der Waals surface area contributed by atoms with E-state index in [0.717, 1.165) is 22.9 Å². The van der Waals surface area contributed by atoms with Crippen molar-refractivity contribution in [1.29, 1.82) is 0 Å². The third-order valence-corrected chi connectivity index (χ3v) is 4.15. The molecule has 1 aromatic rings. The van der Waals surface area contributed by atoms with E-state index in [0.29, 0.717) is 5.92 Å². The normalized spacial score (nSPS) is 19.2. The molecular weight excluding hydrogens is 244 g/mol. The van der Waals surface area contributed by atoms with Crippen LogP contribution in [0.3, 0.4) is 0 Å². The first kappa shape index (κ1) is 13.4. The van der Waals surface area contributed by atoms with Crippen molar-refractivity contribution >= 4 is 23.4 Å². The van der Waals surface area contributed by atoms with Crippen LogP contribution in [0.15, 0.2) is 18.2 Å². The molecule has 3 nitrogen and oxygen atoms in total. The van der Waals surface area contributed by atoms with Crippen molar-refractivity contribution in [3.8, 4) is 0 Å². The second kappa shape index (κ2) is 5.76. The van der Waals surface area contributed by atoms with Gasteiger partial charge in [0, 0.05) is 17.3 Å². The number of hydrogen-bond donors (Lipinski definition) is 2. The number of carbonyl (C=O) groups is 1. The number of thioether (sulfide) groups is 1. The highest BCUT2D eigenvalue weighted by atomic mass is 32.2. The van der Waals surface area contributed by atoms with Gasteiger partial charge in [0.25, 0.3) is 0 Å². The Morgan fingerprint density at radius 1 is 1.50 bits per heavy atom. The summed E-state index contributed by atoms with van der Waals surface area (Å²) in [7, 11) is 0. The van der Waals surface area contributed by atoms with E-state index in [1.807, 2.05) is 19.1 Å². The smallest absolute Gasteiger partial charge is 0.242 e. The fourth-order valence-electron chi connectivity index (χ4n) is 2.12. The number of nitrogens with one attached hydrogen (secondary N) is 2. The van der Waals surface area contributed by atoms with E-state index < -0.39 is 0 Å². The van der Waals surface area contributed by atoms with Gasteiger partial charge < -0.3 is 5.32 Å². The standard InChI is InChI=1S/C14H20N2OS/c1-9(2)11-6-4-5-10(3)13(11)16-14(17)12-7-18-8-15-12/h4-6,9,12,15H,7-8H2,1-3H3,(H,16,17). The van der Waals surface area contributed by atoms with Crippen molar-refractivity contribution in [2.24, 2.45) is 0 Å². The Kier molecular flexibility index (Phi) is 4.30. The Hall–Kier alpha value is -1.000. The van der Waals surface area contributed by atoms with Crippen molar-refractivity contribution in [3.63, 3.8) is 0 Å². The molecule has 1 fully saturated rings. The molecular formula is C14H20N2OS. The molecule has 1 aromatic carbocycles. The van der Waals surface area contributed by atoms with Crippen molar-refractivity contribution in [3.05, 3.63) is 29.3 Å². The second-order valence-corrected chi connectivity index (χ2v) is 5.99. The SMILES string of the molecule is Cc1cccc(C(C)C)c1NC(=O)C1CSCN1. The molecule has 0 saturated carbocycles. The number of amides is 1. The zero-order valence-electron chi connectivity index (χ0n) is 11.1. The molecule has 0 aromatic heterocycles. The third-order valence-electron chi connectivity index (χ3n) is 3.21. The van der Waals surface area contributed by atoms with E-state index in [1.165, 1.54) is 5.56 Å². The number of rotatable bonds is 3. The van der Waals surface area contributed by atoms with Gasteiger partial charge >= 0.3 is 0 Å². The number of carbonyl (C=O) groups excluding carboxylic acids is 1. The van der Waals surface area contributed by atoms with Crippen LogP contribution in [0.5, 0.6) is 0 Å². The zero-order valence-corrected chi connectivity index (χ0v) is 11.9. The van der Waals surface area contributed by atoms with Crippen LogP contribution >= 0.6 is 11.8 Å². The highest BCUT2D eigenvalue weighted by Crippen LogP contribution is 2.27. The van der Waals surface area contributed by atoms with E-state index in [4.69, 9.17) is 0 Å². The van der Waals surface area contributed by atoms with Crippen LogP contribution in [-0.2, 0) is 4.79 Å². The average molecular weight is 264 g/mol. The molecule has 2 N–H and O–H groups in total. The first-order chi connectivity index (χ1) is 8.59. The number of hydrogen-bond acceptors (Lipinski definition) is 3. The van der Waals surface area contributed by atoms with E-state index in [1.54, 1.807) is 11.8 Å². The van der Waals surface area contributed by atoms with Gasteiger partial charge in [-0.3, -0.25) is 10.1 Å². The molecule has 1 aliphatic heterocycles. The van der Waals surface area contributed by atoms with Crippen LogP contribution in [0.2, 0.25) is 0 Å². The Morgan fingerprint density at radius 3 is 2.89 bits per heavy atom. The lowest BCUT2D eigenvalue weighted by molar-refractivity contribution is -0.117. The molecule has 1 aliphatic rings. The lowest BCUT2D eigenvalue weighted by Crippen LogP contribution is -2.37. The summed E-state index contributed by atoms with van der Waals surface area (Å²) in [6, 6.07) is 6.11. The van der Waals surface area contributed by atoms with E-state index >= 15 is 0 Å². The fraction of sp³-hybridized carbons (Fsp3) is 0.500. The molecule has 1 heterocycles. The number of aryl methyl sites for hydroxylation is 1. The van der Waals surface area contributed by atoms with Crippen LogP contribution in [0.1, 0.15) is 30.9 Å². The van der Waals surface area contributed by atoms with Gasteiger partial charge in [-0.2, -0.15) is 0 Å². The van der Waals surface area contributed by atoms with Gasteiger partial charge in [0.2, 0.25) is 5.91 Å². The molecule has 98 valence electrons. The number of para-hydroxylation sites is 1. The maximum absolute atomic E-state index is 12.2. The van der Waals surface area contributed by atoms with Gasteiger partial charge in [-0.1, -0.05) is 32.0 Å². The maximum atomic E-state index is 12.2. The summed E-state index contributed by atoms with van der Waals surface area (Å²) in [4.78, 5) is 12.2. The van der Waals surface area contributed by atoms with Gasteiger partial charge in [-0.15, -0.1) is 11.8 Å². The Balaban J connectivity index is 2.19. The molecule has 4 heteroatoms. The summed E-state index contributed by atoms with van der Waals surface area (Å²) >= 11 is 1.76. The minimum Gasteiger partial charge on any atom is -0.324 e. The summed E-state index contributed by atoms with van der Waals surface area (Å²) in [5, 5.41) is 6.28. The predicted octanol–water partition coefficient (Wildman–Crippen LogP) is 2.72. The average Bonchev–Trinajstić information content (AvgIpc) is 2.85. The van der Waals surface area contributed by atoms with Crippen molar-refractivity contribution in [1.82, 2.24) is 5.32 Å². The zero-order chi connectivity index (χ0) is 13.1. The van der Waals surface area contributed by atoms with Crippen molar-refractivity contribution < 1.29 is 4.79 Å².